The molecule has 186 valence electrons. The van der Waals surface area contributed by atoms with E-state index in [9.17, 15) is 14.4 Å². The van der Waals surface area contributed by atoms with Crippen molar-refractivity contribution in [2.75, 3.05) is 11.9 Å². The van der Waals surface area contributed by atoms with Gasteiger partial charge in [0, 0.05) is 33.7 Å². The van der Waals surface area contributed by atoms with E-state index < -0.39 is 23.6 Å². The fraction of sp³-hybridized carbons (Fsp3) is 0.107. The first-order valence-corrected chi connectivity index (χ1v) is 13.0. The maximum Gasteiger partial charge on any atom is 0.294 e. The molecular weight excluding hydrogens is 529 g/mol. The Morgan fingerprint density at radius 3 is 2.43 bits per heavy atom. The van der Waals surface area contributed by atoms with Crippen LogP contribution in [0.2, 0.25) is 10.0 Å². The zero-order valence-electron chi connectivity index (χ0n) is 19.7. The number of imide groups is 1. The number of fused-ring (bicyclic) bond motifs is 1. The fourth-order valence-electron chi connectivity index (χ4n) is 4.28. The zero-order valence-corrected chi connectivity index (χ0v) is 22.0. The molecule has 1 saturated heterocycles. The van der Waals surface area contributed by atoms with Crippen molar-refractivity contribution in [3.8, 4) is 0 Å². The van der Waals surface area contributed by atoms with Crippen molar-refractivity contribution >= 4 is 74.7 Å². The van der Waals surface area contributed by atoms with Crippen molar-refractivity contribution in [3.05, 3.63) is 105 Å². The highest BCUT2D eigenvalue weighted by Crippen LogP contribution is 2.36. The number of anilines is 1. The number of thioether (sulfide) groups is 1. The molecule has 0 aliphatic carbocycles. The lowest BCUT2D eigenvalue weighted by Crippen LogP contribution is -2.36. The van der Waals surface area contributed by atoms with E-state index in [0.717, 1.165) is 44.4 Å². The van der Waals surface area contributed by atoms with E-state index in [0.29, 0.717) is 22.3 Å². The molecule has 1 N–H and O–H groups in total. The molecule has 9 heteroatoms. The first kappa shape index (κ1) is 25.1. The summed E-state index contributed by atoms with van der Waals surface area (Å²) in [4.78, 5) is 39.6. The molecule has 0 spiro atoms. The number of aromatic nitrogens is 1. The maximum atomic E-state index is 13.1. The van der Waals surface area contributed by atoms with Crippen LogP contribution in [0.15, 0.2) is 77.7 Å². The molecule has 3 amide bonds. The Labute approximate surface area is 227 Å². The predicted octanol–water partition coefficient (Wildman–Crippen LogP) is 6.98. The summed E-state index contributed by atoms with van der Waals surface area (Å²) in [5.41, 5.74) is 4.33. The molecule has 1 aromatic heterocycles. The predicted molar refractivity (Wildman–Crippen MR) is 150 cm³/mol. The topological polar surface area (TPSA) is 71.4 Å². The van der Waals surface area contributed by atoms with Gasteiger partial charge >= 0.3 is 0 Å². The van der Waals surface area contributed by atoms with Crippen LogP contribution in [0.4, 0.5) is 10.5 Å². The molecule has 3 aromatic carbocycles. The summed E-state index contributed by atoms with van der Waals surface area (Å²) in [7, 11) is 0. The van der Waals surface area contributed by atoms with E-state index in [-0.39, 0.29) is 4.91 Å². The van der Waals surface area contributed by atoms with Crippen LogP contribution in [0.1, 0.15) is 16.8 Å². The molecule has 6 nitrogen and oxygen atoms in total. The molecule has 5 rings (SSSR count). The molecule has 4 aromatic rings. The van der Waals surface area contributed by atoms with Gasteiger partial charge in [-0.25, -0.2) is 0 Å². The molecule has 1 fully saturated rings. The average Bonchev–Trinajstić information content (AvgIpc) is 3.30. The Kier molecular flexibility index (Phi) is 7.11. The highest BCUT2D eigenvalue weighted by molar-refractivity contribution is 8.18. The molecule has 0 atom stereocenters. The number of nitrogens with zero attached hydrogens (tertiary/aromatic N) is 2. The highest BCUT2D eigenvalue weighted by atomic mass is 35.5. The number of hydrogen-bond acceptors (Lipinski definition) is 4. The van der Waals surface area contributed by atoms with Crippen LogP contribution in [0.3, 0.4) is 0 Å². The highest BCUT2D eigenvalue weighted by Gasteiger charge is 2.36. The number of benzene rings is 3. The lowest BCUT2D eigenvalue weighted by Gasteiger charge is -2.13. The number of nitrogens with one attached hydrogen (secondary N) is 1. The Hall–Kier alpha value is -3.52. The van der Waals surface area contributed by atoms with Crippen LogP contribution < -0.4 is 5.32 Å². The fourth-order valence-corrected chi connectivity index (χ4v) is 5.41. The normalized spacial score (nSPS) is 14.7. The van der Waals surface area contributed by atoms with Crippen LogP contribution in [0.25, 0.3) is 17.0 Å². The molecule has 0 saturated carbocycles. The summed E-state index contributed by atoms with van der Waals surface area (Å²) in [5.74, 6) is -1.01. The molecule has 0 bridgehead atoms. The molecule has 0 unspecified atom stereocenters. The number of rotatable bonds is 6. The molecule has 37 heavy (non-hydrogen) atoms. The van der Waals surface area contributed by atoms with Gasteiger partial charge in [-0.1, -0.05) is 65.7 Å². The van der Waals surface area contributed by atoms with Crippen molar-refractivity contribution in [3.63, 3.8) is 0 Å². The summed E-state index contributed by atoms with van der Waals surface area (Å²) in [6.45, 7) is 2.22. The van der Waals surface area contributed by atoms with Crippen LogP contribution in [0, 0.1) is 6.92 Å². The number of para-hydroxylation sites is 2. The van der Waals surface area contributed by atoms with Crippen molar-refractivity contribution in [1.82, 2.24) is 9.47 Å². The second kappa shape index (κ2) is 10.5. The van der Waals surface area contributed by atoms with Crippen molar-refractivity contribution in [2.24, 2.45) is 0 Å². The van der Waals surface area contributed by atoms with E-state index >= 15 is 0 Å². The van der Waals surface area contributed by atoms with Gasteiger partial charge in [-0.2, -0.15) is 0 Å². The molecule has 2 heterocycles. The van der Waals surface area contributed by atoms with Crippen LogP contribution in [0.5, 0.6) is 0 Å². The summed E-state index contributed by atoms with van der Waals surface area (Å²) in [6.07, 6.45) is 1.74. The first-order valence-electron chi connectivity index (χ1n) is 11.4. The maximum absolute atomic E-state index is 13.1. The summed E-state index contributed by atoms with van der Waals surface area (Å²) < 4.78 is 2.17. The number of carbonyl (C=O) groups excluding carboxylic acids is 3. The Morgan fingerprint density at radius 2 is 1.68 bits per heavy atom. The van der Waals surface area contributed by atoms with E-state index in [2.05, 4.69) is 9.88 Å². The van der Waals surface area contributed by atoms with Crippen molar-refractivity contribution in [1.29, 1.82) is 0 Å². The van der Waals surface area contributed by atoms with E-state index in [1.54, 1.807) is 30.3 Å². The Bertz CT molecular complexity index is 1580. The van der Waals surface area contributed by atoms with Crippen LogP contribution in [-0.2, 0) is 16.1 Å². The number of halogens is 2. The zero-order chi connectivity index (χ0) is 26.1. The van der Waals surface area contributed by atoms with Gasteiger partial charge in [-0.3, -0.25) is 19.3 Å². The van der Waals surface area contributed by atoms with E-state index in [4.69, 9.17) is 23.2 Å². The third-order valence-electron chi connectivity index (χ3n) is 6.13. The number of carbonyl (C=O) groups is 3. The SMILES string of the molecule is Cc1c(/C=C2/SC(=O)N(CC(=O)Nc3ccccc3Cl)C2=O)c2ccccc2n1Cc1ccc(Cl)cc1. The van der Waals surface area contributed by atoms with Gasteiger partial charge in [0.2, 0.25) is 5.91 Å². The summed E-state index contributed by atoms with van der Waals surface area (Å²) in [6, 6.07) is 22.4. The van der Waals surface area contributed by atoms with Gasteiger partial charge in [-0.15, -0.1) is 0 Å². The van der Waals surface area contributed by atoms with Gasteiger partial charge in [-0.05, 0) is 60.7 Å². The number of hydrogen-bond donors (Lipinski definition) is 1. The average molecular weight is 550 g/mol. The second-order valence-electron chi connectivity index (χ2n) is 8.52. The second-order valence-corrected chi connectivity index (χ2v) is 10.4. The van der Waals surface area contributed by atoms with Gasteiger partial charge < -0.3 is 9.88 Å². The minimum Gasteiger partial charge on any atom is -0.340 e. The van der Waals surface area contributed by atoms with Gasteiger partial charge in [0.1, 0.15) is 6.54 Å². The summed E-state index contributed by atoms with van der Waals surface area (Å²) in [5, 5.41) is 4.17. The van der Waals surface area contributed by atoms with Gasteiger partial charge in [0.05, 0.1) is 15.6 Å². The van der Waals surface area contributed by atoms with Crippen molar-refractivity contribution < 1.29 is 14.4 Å². The lowest BCUT2D eigenvalue weighted by atomic mass is 10.1. The minimum atomic E-state index is -0.507. The van der Waals surface area contributed by atoms with E-state index in [1.807, 2.05) is 55.5 Å². The standard InChI is InChI=1S/C28H21Cl2N3O3S/c1-17-21(20-6-2-5-9-24(20)32(17)15-18-10-12-19(29)13-11-18)14-25-27(35)33(28(36)37-25)16-26(34)31-23-8-4-3-7-22(23)30/h2-14H,15-16H2,1H3,(H,31,34)/b25-14+. The van der Waals surface area contributed by atoms with E-state index in [1.165, 1.54) is 0 Å². The third-order valence-corrected chi connectivity index (χ3v) is 7.62. The molecule has 1 aliphatic heterocycles. The van der Waals surface area contributed by atoms with Crippen LogP contribution >= 0.6 is 35.0 Å². The lowest BCUT2D eigenvalue weighted by molar-refractivity contribution is -0.127. The van der Waals surface area contributed by atoms with Gasteiger partial charge in [0.15, 0.2) is 0 Å². The molecular formula is C28H21Cl2N3O3S. The smallest absolute Gasteiger partial charge is 0.294 e. The van der Waals surface area contributed by atoms with Gasteiger partial charge in [0.25, 0.3) is 11.1 Å². The third kappa shape index (κ3) is 5.16. The number of amides is 3. The molecule has 0 radical (unpaired) electrons. The summed E-state index contributed by atoms with van der Waals surface area (Å²) >= 11 is 13.0. The molecule has 1 aliphatic rings. The van der Waals surface area contributed by atoms with Crippen molar-refractivity contribution in [2.45, 2.75) is 13.5 Å². The van der Waals surface area contributed by atoms with Crippen LogP contribution in [-0.4, -0.2) is 33.1 Å². The quantitative estimate of drug-likeness (QED) is 0.263. The Balaban J connectivity index is 1.42. The minimum absolute atomic E-state index is 0.271. The largest absolute Gasteiger partial charge is 0.340 e. The first-order chi connectivity index (χ1) is 17.8. The Morgan fingerprint density at radius 1 is 0.973 bits per heavy atom. The monoisotopic (exact) mass is 549 g/mol.